The summed E-state index contributed by atoms with van der Waals surface area (Å²) < 4.78 is 6.67. The predicted molar refractivity (Wildman–Crippen MR) is 129 cm³/mol. The van der Waals surface area contributed by atoms with Crippen molar-refractivity contribution >= 4 is 52.7 Å². The minimum atomic E-state index is -1.91. The molecule has 2 aliphatic carbocycles. The minimum Gasteiger partial charge on any atom is -0.393 e. The second kappa shape index (κ2) is 8.61. The van der Waals surface area contributed by atoms with Crippen LogP contribution in [0.3, 0.4) is 0 Å². The van der Waals surface area contributed by atoms with Crippen molar-refractivity contribution in [3.8, 4) is 0 Å². The molecule has 2 radical (unpaired) electrons. The molecule has 2 unspecified atom stereocenters. The van der Waals surface area contributed by atoms with E-state index in [0.717, 1.165) is 17.2 Å². The van der Waals surface area contributed by atoms with Crippen LogP contribution in [0.1, 0.15) is 42.5 Å². The summed E-state index contributed by atoms with van der Waals surface area (Å²) in [4.78, 5) is -0.478. The molecule has 0 heterocycles. The summed E-state index contributed by atoms with van der Waals surface area (Å²) in [6, 6.07) is 16.8. The number of alkyl halides is 2. The summed E-state index contributed by atoms with van der Waals surface area (Å²) in [5, 5.41) is 1.47. The van der Waals surface area contributed by atoms with Crippen molar-refractivity contribution < 1.29 is 30.6 Å². The van der Waals surface area contributed by atoms with Crippen LogP contribution in [0.15, 0.2) is 58.9 Å². The maximum absolute atomic E-state index is 7.36. The van der Waals surface area contributed by atoms with Crippen molar-refractivity contribution in [1.82, 2.24) is 0 Å². The third-order valence-corrected chi connectivity index (χ3v) is 10.0. The van der Waals surface area contributed by atoms with Gasteiger partial charge in [-0.1, -0.05) is 78.3 Å². The predicted octanol–water partition coefficient (Wildman–Crippen LogP) is 7.27. The molecule has 0 fully saturated rings. The van der Waals surface area contributed by atoms with Gasteiger partial charge in [0.25, 0.3) is 0 Å². The number of allylic oxidation sites excluding steroid dienone is 2. The molecule has 154 valence electrons. The summed E-state index contributed by atoms with van der Waals surface area (Å²) in [7, 11) is -1.53. The van der Waals surface area contributed by atoms with Gasteiger partial charge in [-0.2, -0.15) is 0 Å². The van der Waals surface area contributed by atoms with Crippen LogP contribution < -0.4 is 0 Å². The van der Waals surface area contributed by atoms with E-state index in [1.54, 1.807) is 0 Å². The van der Waals surface area contributed by atoms with Crippen LogP contribution in [0.2, 0.25) is 19.6 Å². The monoisotopic (exact) mass is 546 g/mol. The molecule has 0 bridgehead atoms. The van der Waals surface area contributed by atoms with Crippen LogP contribution >= 0.6 is 23.2 Å². The molecule has 2 aliphatic rings. The van der Waals surface area contributed by atoms with E-state index in [0.29, 0.717) is 9.52 Å². The van der Waals surface area contributed by atoms with E-state index in [-0.39, 0.29) is 26.2 Å². The Hall–Kier alpha value is -0.223. The van der Waals surface area contributed by atoms with E-state index in [4.69, 9.17) is 27.6 Å². The van der Waals surface area contributed by atoms with E-state index in [9.17, 15) is 0 Å². The Morgan fingerprint density at radius 3 is 2.20 bits per heavy atom. The number of rotatable bonds is 5. The van der Waals surface area contributed by atoms with Crippen molar-refractivity contribution in [2.45, 2.75) is 49.8 Å². The van der Waals surface area contributed by atoms with E-state index < -0.39 is 18.3 Å². The molecule has 0 spiro atoms. The quantitative estimate of drug-likeness (QED) is 0.282. The summed E-state index contributed by atoms with van der Waals surface area (Å²) in [6.07, 6.45) is 3.10. The standard InChI is InChI=1S/C24H26Cl2OSi2.Zr/c1-6-23(25)19-13-9-7-11-17(19)15-21(23)28-22-16(2)18-12-8-10-14-20(18)24(22,26)27-29(3,4)5;/h7-15H,6H2,1-5H3;. The fourth-order valence-electron chi connectivity index (χ4n) is 4.35. The molecule has 0 saturated heterocycles. The molecule has 2 aromatic carbocycles. The molecule has 0 saturated carbocycles. The maximum Gasteiger partial charge on any atom is 0.186 e. The number of hydrogen-bond donors (Lipinski definition) is 0. The zero-order valence-electron chi connectivity index (χ0n) is 18.1. The molecule has 2 aromatic rings. The Labute approximate surface area is 213 Å². The van der Waals surface area contributed by atoms with Crippen molar-refractivity contribution in [3.63, 3.8) is 0 Å². The Balaban J connectivity index is 0.00000256. The molecule has 2 atom stereocenters. The first kappa shape index (κ1) is 24.4. The third kappa shape index (κ3) is 3.98. The second-order valence-corrected chi connectivity index (χ2v) is 15.7. The van der Waals surface area contributed by atoms with Crippen molar-refractivity contribution in [2.24, 2.45) is 0 Å². The maximum atomic E-state index is 7.36. The van der Waals surface area contributed by atoms with Crippen molar-refractivity contribution in [3.05, 3.63) is 81.2 Å². The largest absolute Gasteiger partial charge is 0.393 e. The molecule has 6 heteroatoms. The fraction of sp³-hybridized carbons (Fsp3) is 0.333. The van der Waals surface area contributed by atoms with Crippen LogP contribution in [0.5, 0.6) is 0 Å². The SMILES string of the molecule is CCC1(Cl)C([Si]C2=C(C)c3ccccc3C2(Cl)O[Si](C)(C)C)=Cc2ccccc21.[Zr]. The molecule has 0 amide bonds. The number of hydrogen-bond acceptors (Lipinski definition) is 1. The van der Waals surface area contributed by atoms with Gasteiger partial charge in [0.1, 0.15) is 9.52 Å². The number of fused-ring (bicyclic) bond motifs is 2. The molecule has 0 aromatic heterocycles. The number of halogens is 2. The van der Waals surface area contributed by atoms with Crippen molar-refractivity contribution in [2.75, 3.05) is 0 Å². The third-order valence-electron chi connectivity index (χ3n) is 5.68. The Morgan fingerprint density at radius 2 is 1.57 bits per heavy atom. The average Bonchev–Trinajstić information content (AvgIpc) is 3.06. The number of benzene rings is 2. The average molecular weight is 549 g/mol. The van der Waals surface area contributed by atoms with E-state index >= 15 is 0 Å². The van der Waals surface area contributed by atoms with Crippen LogP contribution in [0, 0.1) is 0 Å². The topological polar surface area (TPSA) is 9.23 Å². The smallest absolute Gasteiger partial charge is 0.186 e. The van der Waals surface area contributed by atoms with E-state index in [1.165, 1.54) is 27.5 Å². The van der Waals surface area contributed by atoms with Gasteiger partial charge in [-0.15, -0.1) is 11.6 Å². The zero-order valence-corrected chi connectivity index (χ0v) is 24.0. The summed E-state index contributed by atoms with van der Waals surface area (Å²) in [5.74, 6) is 0. The summed E-state index contributed by atoms with van der Waals surface area (Å²) in [5.41, 5.74) is 5.89. The first-order valence-corrected chi connectivity index (χ1v) is 15.2. The molecular weight excluding hydrogens is 523 g/mol. The van der Waals surface area contributed by atoms with Crippen LogP contribution in [0.25, 0.3) is 11.6 Å². The van der Waals surface area contributed by atoms with Crippen LogP contribution in [0.4, 0.5) is 0 Å². The minimum absolute atomic E-state index is 0. The summed E-state index contributed by atoms with van der Waals surface area (Å²) >= 11 is 14.6. The first-order valence-electron chi connectivity index (χ1n) is 10.1. The Morgan fingerprint density at radius 1 is 0.967 bits per heavy atom. The fourth-order valence-corrected chi connectivity index (χ4v) is 8.70. The normalized spacial score (nSPS) is 25.0. The van der Waals surface area contributed by atoms with E-state index in [2.05, 4.69) is 82.0 Å². The van der Waals surface area contributed by atoms with Gasteiger partial charge in [-0.25, -0.2) is 0 Å². The van der Waals surface area contributed by atoms with Gasteiger partial charge in [-0.05, 0) is 60.4 Å². The molecule has 30 heavy (non-hydrogen) atoms. The first-order chi connectivity index (χ1) is 13.6. The molecule has 1 nitrogen and oxygen atoms in total. The van der Waals surface area contributed by atoms with Gasteiger partial charge in [0.2, 0.25) is 0 Å². The Bertz CT molecular complexity index is 1040. The van der Waals surface area contributed by atoms with Crippen LogP contribution in [-0.2, 0) is 40.6 Å². The van der Waals surface area contributed by atoms with Gasteiger partial charge in [0.05, 0.1) is 4.87 Å². The molecular formula is C24H26Cl2OSi2Zr. The van der Waals surface area contributed by atoms with Gasteiger partial charge >= 0.3 is 0 Å². The molecule has 0 N–H and O–H groups in total. The van der Waals surface area contributed by atoms with Crippen molar-refractivity contribution in [1.29, 1.82) is 0 Å². The molecule has 4 rings (SSSR count). The van der Waals surface area contributed by atoms with Gasteiger partial charge in [0.15, 0.2) is 13.4 Å². The zero-order chi connectivity index (χ0) is 21.0. The Kier molecular flexibility index (Phi) is 7.01. The van der Waals surface area contributed by atoms with Gasteiger partial charge in [0, 0.05) is 31.8 Å². The summed E-state index contributed by atoms with van der Waals surface area (Å²) in [6.45, 7) is 10.9. The van der Waals surface area contributed by atoms with E-state index in [1.807, 2.05) is 6.07 Å². The molecule has 0 aliphatic heterocycles. The second-order valence-electron chi connectivity index (χ2n) is 8.78. The van der Waals surface area contributed by atoms with Gasteiger partial charge in [-0.3, -0.25) is 0 Å². The van der Waals surface area contributed by atoms with Crippen LogP contribution in [-0.4, -0.2) is 17.8 Å². The van der Waals surface area contributed by atoms with Gasteiger partial charge < -0.3 is 4.43 Å².